The lowest BCUT2D eigenvalue weighted by Gasteiger charge is -2.03. The first-order valence-electron chi connectivity index (χ1n) is 7.54. The van der Waals surface area contributed by atoms with Crippen LogP contribution in [-0.4, -0.2) is 30.8 Å². The van der Waals surface area contributed by atoms with Crippen LogP contribution in [0.2, 0.25) is 0 Å². The second-order valence-electron chi connectivity index (χ2n) is 5.29. The molecule has 0 saturated heterocycles. The number of carbonyl (C=O) groups is 1. The van der Waals surface area contributed by atoms with Crippen LogP contribution in [0.4, 0.5) is 10.1 Å². The number of halogens is 1. The molecule has 0 aliphatic rings. The van der Waals surface area contributed by atoms with Gasteiger partial charge in [-0.25, -0.2) is 19.0 Å². The molecule has 26 heavy (non-hydrogen) atoms. The molecule has 0 saturated carbocycles. The molecule has 0 radical (unpaired) electrons. The summed E-state index contributed by atoms with van der Waals surface area (Å²) in [6.07, 6.45) is 4.40. The average molecular weight is 350 g/mol. The number of nitrogens with zero attached hydrogens (tertiary/aromatic N) is 5. The highest BCUT2D eigenvalue weighted by molar-refractivity contribution is 6.02. The van der Waals surface area contributed by atoms with E-state index in [1.807, 2.05) is 0 Å². The molecular formula is C17H11FN6O2. The third-order valence-corrected chi connectivity index (χ3v) is 3.51. The fourth-order valence-corrected chi connectivity index (χ4v) is 2.28. The van der Waals surface area contributed by atoms with E-state index in [4.69, 9.17) is 4.52 Å². The minimum Gasteiger partial charge on any atom is -0.350 e. The summed E-state index contributed by atoms with van der Waals surface area (Å²) >= 11 is 0. The number of rotatable bonds is 4. The first-order chi connectivity index (χ1) is 12.7. The summed E-state index contributed by atoms with van der Waals surface area (Å²) < 4.78 is 19.8. The van der Waals surface area contributed by atoms with Crippen LogP contribution in [0.15, 0.2) is 65.8 Å². The molecular weight excluding hydrogens is 339 g/mol. The van der Waals surface area contributed by atoms with Gasteiger partial charge in [-0.2, -0.15) is 5.10 Å². The van der Waals surface area contributed by atoms with E-state index in [0.29, 0.717) is 22.8 Å². The van der Waals surface area contributed by atoms with Gasteiger partial charge >= 0.3 is 0 Å². The Morgan fingerprint density at radius 1 is 1.19 bits per heavy atom. The van der Waals surface area contributed by atoms with E-state index >= 15 is 0 Å². The monoisotopic (exact) mass is 350 g/mol. The van der Waals surface area contributed by atoms with Crippen molar-refractivity contribution in [2.45, 2.75) is 0 Å². The van der Waals surface area contributed by atoms with Crippen LogP contribution < -0.4 is 5.32 Å². The molecule has 0 spiro atoms. The van der Waals surface area contributed by atoms with Crippen LogP contribution in [0.1, 0.15) is 10.6 Å². The van der Waals surface area contributed by atoms with Gasteiger partial charge in [-0.05, 0) is 24.3 Å². The van der Waals surface area contributed by atoms with Crippen LogP contribution in [0.5, 0.6) is 0 Å². The lowest BCUT2D eigenvalue weighted by atomic mass is 10.1. The Hall–Kier alpha value is -3.88. The summed E-state index contributed by atoms with van der Waals surface area (Å²) in [6, 6.07) is 10.7. The van der Waals surface area contributed by atoms with Gasteiger partial charge in [-0.1, -0.05) is 17.3 Å². The average Bonchev–Trinajstić information content (AvgIpc) is 3.35. The van der Waals surface area contributed by atoms with Crippen molar-refractivity contribution < 1.29 is 13.7 Å². The smallest absolute Gasteiger partial charge is 0.294 e. The van der Waals surface area contributed by atoms with Gasteiger partial charge < -0.3 is 9.84 Å². The first kappa shape index (κ1) is 15.6. The van der Waals surface area contributed by atoms with Crippen LogP contribution in [0, 0.1) is 5.82 Å². The maximum atomic E-state index is 13.3. The predicted molar refractivity (Wildman–Crippen MR) is 89.0 cm³/mol. The number of benzene rings is 1. The fourth-order valence-electron chi connectivity index (χ4n) is 2.28. The molecule has 0 atom stereocenters. The zero-order chi connectivity index (χ0) is 17.9. The van der Waals surface area contributed by atoms with E-state index in [2.05, 4.69) is 25.5 Å². The zero-order valence-electron chi connectivity index (χ0n) is 13.2. The Kier molecular flexibility index (Phi) is 3.94. The number of pyridine rings is 1. The third-order valence-electron chi connectivity index (χ3n) is 3.51. The maximum Gasteiger partial charge on any atom is 0.294 e. The summed E-state index contributed by atoms with van der Waals surface area (Å²) in [6.45, 7) is 0. The second kappa shape index (κ2) is 6.55. The summed E-state index contributed by atoms with van der Waals surface area (Å²) in [7, 11) is 0. The number of hydrogen-bond donors (Lipinski definition) is 1. The Morgan fingerprint density at radius 3 is 2.85 bits per heavy atom. The highest BCUT2D eigenvalue weighted by Crippen LogP contribution is 2.20. The molecule has 3 aromatic heterocycles. The van der Waals surface area contributed by atoms with Crippen molar-refractivity contribution in [1.29, 1.82) is 0 Å². The highest BCUT2D eigenvalue weighted by atomic mass is 19.1. The minimum atomic E-state index is -0.490. The number of nitrogens with one attached hydrogen (secondary N) is 1. The molecule has 8 nitrogen and oxygen atoms in total. The molecule has 1 amide bonds. The molecule has 4 rings (SSSR count). The molecule has 0 aliphatic carbocycles. The zero-order valence-corrected chi connectivity index (χ0v) is 13.2. The van der Waals surface area contributed by atoms with E-state index < -0.39 is 11.7 Å². The summed E-state index contributed by atoms with van der Waals surface area (Å²) in [5.74, 6) is -0.316. The SMILES string of the molecule is O=C(Nc1ccc(-n2cncn2)nc1)c1cc(-c2cccc(F)c2)no1. The molecule has 4 aromatic rings. The lowest BCUT2D eigenvalue weighted by molar-refractivity contribution is 0.0988. The van der Waals surface area contributed by atoms with E-state index in [9.17, 15) is 9.18 Å². The number of carbonyl (C=O) groups excluding carboxylic acids is 1. The van der Waals surface area contributed by atoms with Gasteiger partial charge in [0, 0.05) is 11.6 Å². The number of hydrogen-bond acceptors (Lipinski definition) is 6. The third kappa shape index (κ3) is 3.18. The van der Waals surface area contributed by atoms with E-state index in [-0.39, 0.29) is 5.76 Å². The molecule has 0 fully saturated rings. The Balaban J connectivity index is 1.48. The van der Waals surface area contributed by atoms with Crippen LogP contribution in [-0.2, 0) is 0 Å². The Morgan fingerprint density at radius 2 is 2.12 bits per heavy atom. The fraction of sp³-hybridized carbons (Fsp3) is 0. The van der Waals surface area contributed by atoms with Gasteiger partial charge in [0.05, 0.1) is 11.9 Å². The maximum absolute atomic E-state index is 13.3. The Bertz CT molecular complexity index is 1040. The normalized spacial score (nSPS) is 10.7. The van der Waals surface area contributed by atoms with Crippen molar-refractivity contribution >= 4 is 11.6 Å². The van der Waals surface area contributed by atoms with Gasteiger partial charge in [-0.15, -0.1) is 0 Å². The standard InChI is InChI=1S/C17H11FN6O2/c18-12-3-1-2-11(6-12)14-7-15(26-23-14)17(25)22-13-4-5-16(20-8-13)24-10-19-9-21-24/h1-10H,(H,22,25). The predicted octanol–water partition coefficient (Wildman–Crippen LogP) is 2.71. The van der Waals surface area contributed by atoms with Crippen LogP contribution >= 0.6 is 0 Å². The summed E-state index contributed by atoms with van der Waals surface area (Å²) in [5, 5.41) is 10.4. The molecule has 1 aromatic carbocycles. The van der Waals surface area contributed by atoms with E-state index in [1.54, 1.807) is 24.3 Å². The van der Waals surface area contributed by atoms with Gasteiger partial charge in [0.25, 0.3) is 5.91 Å². The van der Waals surface area contributed by atoms with E-state index in [1.165, 1.54) is 41.7 Å². The molecule has 0 aliphatic heterocycles. The van der Waals surface area contributed by atoms with Crippen molar-refractivity contribution in [3.63, 3.8) is 0 Å². The van der Waals surface area contributed by atoms with Crippen LogP contribution in [0.25, 0.3) is 17.1 Å². The molecule has 9 heteroatoms. The number of anilines is 1. The summed E-state index contributed by atoms with van der Waals surface area (Å²) in [4.78, 5) is 20.3. The molecule has 0 unspecified atom stereocenters. The van der Waals surface area contributed by atoms with Gasteiger partial charge in [0.1, 0.15) is 24.2 Å². The van der Waals surface area contributed by atoms with Gasteiger partial charge in [-0.3, -0.25) is 4.79 Å². The first-order valence-corrected chi connectivity index (χ1v) is 7.54. The Labute approximate surface area is 146 Å². The van der Waals surface area contributed by atoms with Crippen molar-refractivity contribution in [1.82, 2.24) is 24.9 Å². The van der Waals surface area contributed by atoms with Crippen LogP contribution in [0.3, 0.4) is 0 Å². The number of amides is 1. The van der Waals surface area contributed by atoms with Crippen molar-refractivity contribution in [3.05, 3.63) is 72.9 Å². The van der Waals surface area contributed by atoms with Crippen molar-refractivity contribution in [3.8, 4) is 17.1 Å². The molecule has 128 valence electrons. The molecule has 1 N–H and O–H groups in total. The minimum absolute atomic E-state index is 0.00427. The topological polar surface area (TPSA) is 98.7 Å². The van der Waals surface area contributed by atoms with Crippen molar-refractivity contribution in [2.24, 2.45) is 0 Å². The van der Waals surface area contributed by atoms with Crippen molar-refractivity contribution in [2.75, 3.05) is 5.32 Å². The van der Waals surface area contributed by atoms with Gasteiger partial charge in [0.15, 0.2) is 5.82 Å². The second-order valence-corrected chi connectivity index (χ2v) is 5.29. The quantitative estimate of drug-likeness (QED) is 0.607. The molecule has 3 heterocycles. The molecule has 0 bridgehead atoms. The number of aromatic nitrogens is 5. The lowest BCUT2D eigenvalue weighted by Crippen LogP contribution is -2.11. The van der Waals surface area contributed by atoms with Gasteiger partial charge in [0.2, 0.25) is 5.76 Å². The largest absolute Gasteiger partial charge is 0.350 e. The summed E-state index contributed by atoms with van der Waals surface area (Å²) in [5.41, 5.74) is 1.36. The van der Waals surface area contributed by atoms with E-state index in [0.717, 1.165) is 0 Å². The highest BCUT2D eigenvalue weighted by Gasteiger charge is 2.15.